The molecule has 136 valence electrons. The van der Waals surface area contributed by atoms with Gasteiger partial charge in [0.2, 0.25) is 0 Å². The third-order valence-corrected chi connectivity index (χ3v) is 4.20. The van der Waals surface area contributed by atoms with Crippen molar-refractivity contribution in [3.05, 3.63) is 29.8 Å². The first-order valence-corrected chi connectivity index (χ1v) is 9.39. The smallest absolute Gasteiger partial charge is 0.357 e. The lowest BCUT2D eigenvalue weighted by Gasteiger charge is -2.12. The van der Waals surface area contributed by atoms with Crippen molar-refractivity contribution in [2.45, 2.75) is 30.8 Å². The Morgan fingerprint density at radius 3 is 2.29 bits per heavy atom. The molecule has 2 N–H and O–H groups in total. The van der Waals surface area contributed by atoms with Crippen molar-refractivity contribution in [2.75, 3.05) is 25.9 Å². The van der Waals surface area contributed by atoms with Crippen molar-refractivity contribution in [3.63, 3.8) is 0 Å². The van der Waals surface area contributed by atoms with Crippen molar-refractivity contribution in [1.82, 2.24) is 10.6 Å². The molecule has 0 aliphatic rings. The van der Waals surface area contributed by atoms with Crippen LogP contribution < -0.4 is 10.6 Å². The fourth-order valence-corrected chi connectivity index (χ4v) is 2.50. The summed E-state index contributed by atoms with van der Waals surface area (Å²) in [5, 5.41) is 5.83. The second kappa shape index (κ2) is 8.91. The van der Waals surface area contributed by atoms with Crippen LogP contribution in [0.3, 0.4) is 0 Å². The van der Waals surface area contributed by atoms with Crippen molar-refractivity contribution >= 4 is 15.8 Å². The Bertz CT molecular complexity index is 641. The second-order valence-corrected chi connectivity index (χ2v) is 7.23. The molecule has 0 heterocycles. The van der Waals surface area contributed by atoms with E-state index in [9.17, 15) is 21.6 Å². The fourth-order valence-electron chi connectivity index (χ4n) is 1.86. The predicted octanol–water partition coefficient (Wildman–Crippen LogP) is 2.14. The zero-order valence-electron chi connectivity index (χ0n) is 13.7. The highest BCUT2D eigenvalue weighted by Crippen LogP contribution is 2.18. The van der Waals surface area contributed by atoms with Gasteiger partial charge in [0.15, 0.2) is 15.8 Å². The summed E-state index contributed by atoms with van der Waals surface area (Å²) in [4.78, 5) is 4.12. The molecule has 9 heteroatoms. The van der Waals surface area contributed by atoms with Crippen LogP contribution in [0.25, 0.3) is 0 Å². The number of aliphatic imine (C=N–C) groups is 1. The molecule has 0 saturated carbocycles. The van der Waals surface area contributed by atoms with E-state index in [0.29, 0.717) is 25.5 Å². The lowest BCUT2D eigenvalue weighted by atomic mass is 10.1. The maximum absolute atomic E-state index is 12.1. The standard InChI is InChI=1S/C15H22F3N3O2S/c1-3-19-14(21-11-9-15(16,17)18)20-10-8-12-4-6-13(7-5-12)24(2,22)23/h4-7H,3,8-11H2,1-2H3,(H2,19,20,21). The molecular weight excluding hydrogens is 343 g/mol. The zero-order valence-corrected chi connectivity index (χ0v) is 14.5. The van der Waals surface area contributed by atoms with E-state index in [1.165, 1.54) is 12.1 Å². The lowest BCUT2D eigenvalue weighted by Crippen LogP contribution is -2.38. The molecule has 0 aliphatic heterocycles. The molecule has 0 saturated heterocycles. The van der Waals surface area contributed by atoms with Gasteiger partial charge in [-0.05, 0) is 31.0 Å². The van der Waals surface area contributed by atoms with Gasteiger partial charge in [-0.3, -0.25) is 4.99 Å². The van der Waals surface area contributed by atoms with Crippen LogP contribution >= 0.6 is 0 Å². The van der Waals surface area contributed by atoms with Crippen molar-refractivity contribution in [1.29, 1.82) is 0 Å². The van der Waals surface area contributed by atoms with Crippen LogP contribution in [0.4, 0.5) is 13.2 Å². The number of guanidine groups is 1. The number of sulfone groups is 1. The molecule has 24 heavy (non-hydrogen) atoms. The number of hydrogen-bond acceptors (Lipinski definition) is 3. The molecule has 1 aromatic rings. The van der Waals surface area contributed by atoms with Gasteiger partial charge in [0, 0.05) is 19.3 Å². The molecular formula is C15H22F3N3O2S. The summed E-state index contributed by atoms with van der Waals surface area (Å²) >= 11 is 0. The molecule has 0 radical (unpaired) electrons. The number of nitrogens with zero attached hydrogens (tertiary/aromatic N) is 1. The summed E-state index contributed by atoms with van der Waals surface area (Å²) in [5.74, 6) is 0.328. The highest BCUT2D eigenvalue weighted by Gasteiger charge is 2.26. The molecule has 0 spiro atoms. The Morgan fingerprint density at radius 1 is 1.17 bits per heavy atom. The molecule has 1 rings (SSSR count). The minimum Gasteiger partial charge on any atom is -0.357 e. The van der Waals surface area contributed by atoms with E-state index >= 15 is 0 Å². The van der Waals surface area contributed by atoms with Gasteiger partial charge in [-0.25, -0.2) is 8.42 Å². The molecule has 1 aromatic carbocycles. The normalized spacial score (nSPS) is 13.0. The Hall–Kier alpha value is -1.77. The summed E-state index contributed by atoms with van der Waals surface area (Å²) in [6.07, 6.45) is -3.45. The lowest BCUT2D eigenvalue weighted by molar-refractivity contribution is -0.132. The van der Waals surface area contributed by atoms with Gasteiger partial charge < -0.3 is 10.6 Å². The minimum atomic E-state index is -4.22. The van der Waals surface area contributed by atoms with E-state index in [4.69, 9.17) is 0 Å². The molecule has 5 nitrogen and oxygen atoms in total. The van der Waals surface area contributed by atoms with E-state index in [2.05, 4.69) is 15.6 Å². The van der Waals surface area contributed by atoms with Gasteiger partial charge in [-0.1, -0.05) is 12.1 Å². The van der Waals surface area contributed by atoms with Gasteiger partial charge >= 0.3 is 6.18 Å². The fraction of sp³-hybridized carbons (Fsp3) is 0.533. The molecule has 0 atom stereocenters. The third kappa shape index (κ3) is 8.19. The Kier molecular flexibility index (Phi) is 7.53. The number of hydrogen-bond donors (Lipinski definition) is 2. The van der Waals surface area contributed by atoms with Crippen LogP contribution in [0.5, 0.6) is 0 Å². The van der Waals surface area contributed by atoms with Gasteiger partial charge in [-0.2, -0.15) is 13.2 Å². The first kappa shape index (κ1) is 20.3. The van der Waals surface area contributed by atoms with E-state index < -0.39 is 22.4 Å². The largest absolute Gasteiger partial charge is 0.390 e. The van der Waals surface area contributed by atoms with Crippen LogP contribution in [0.2, 0.25) is 0 Å². The number of halogens is 3. The van der Waals surface area contributed by atoms with Crippen molar-refractivity contribution in [3.8, 4) is 0 Å². The monoisotopic (exact) mass is 365 g/mol. The van der Waals surface area contributed by atoms with Gasteiger partial charge in [0.1, 0.15) is 0 Å². The maximum Gasteiger partial charge on any atom is 0.390 e. The minimum absolute atomic E-state index is 0.251. The van der Waals surface area contributed by atoms with Crippen LogP contribution in [0, 0.1) is 0 Å². The average molecular weight is 365 g/mol. The first-order chi connectivity index (χ1) is 11.1. The van der Waals surface area contributed by atoms with Gasteiger partial charge in [-0.15, -0.1) is 0 Å². The van der Waals surface area contributed by atoms with Crippen LogP contribution in [0.1, 0.15) is 18.9 Å². The van der Waals surface area contributed by atoms with E-state index in [-0.39, 0.29) is 11.4 Å². The molecule has 0 unspecified atom stereocenters. The van der Waals surface area contributed by atoms with Crippen molar-refractivity contribution < 1.29 is 21.6 Å². The summed E-state index contributed by atoms with van der Waals surface area (Å²) < 4.78 is 59.1. The number of nitrogens with one attached hydrogen (secondary N) is 2. The first-order valence-electron chi connectivity index (χ1n) is 7.50. The van der Waals surface area contributed by atoms with Gasteiger partial charge in [0.25, 0.3) is 0 Å². The Morgan fingerprint density at radius 2 is 1.79 bits per heavy atom. The molecule has 0 amide bonds. The average Bonchev–Trinajstić information content (AvgIpc) is 2.45. The Labute approximate surface area is 140 Å². The number of alkyl halides is 3. The topological polar surface area (TPSA) is 70.6 Å². The zero-order chi connectivity index (χ0) is 18.2. The molecule has 0 aromatic heterocycles. The Balaban J connectivity index is 2.51. The van der Waals surface area contributed by atoms with Crippen LogP contribution in [0.15, 0.2) is 34.2 Å². The van der Waals surface area contributed by atoms with E-state index in [1.807, 2.05) is 6.92 Å². The SMILES string of the molecule is CCNC(=NCCC(F)(F)F)NCCc1ccc(S(C)(=O)=O)cc1. The molecule has 0 bridgehead atoms. The van der Waals surface area contributed by atoms with E-state index in [0.717, 1.165) is 11.8 Å². The number of benzene rings is 1. The van der Waals surface area contributed by atoms with Gasteiger partial charge in [0.05, 0.1) is 17.9 Å². The van der Waals surface area contributed by atoms with Crippen LogP contribution in [-0.2, 0) is 16.3 Å². The summed E-state index contributed by atoms with van der Waals surface area (Å²) in [5.41, 5.74) is 0.918. The summed E-state index contributed by atoms with van der Waals surface area (Å²) in [6.45, 7) is 2.50. The molecule has 0 aliphatic carbocycles. The van der Waals surface area contributed by atoms with E-state index in [1.54, 1.807) is 12.1 Å². The summed E-state index contributed by atoms with van der Waals surface area (Å²) in [6, 6.07) is 6.50. The highest BCUT2D eigenvalue weighted by molar-refractivity contribution is 7.90. The third-order valence-electron chi connectivity index (χ3n) is 3.07. The van der Waals surface area contributed by atoms with Crippen molar-refractivity contribution in [2.24, 2.45) is 4.99 Å². The molecule has 0 fully saturated rings. The quantitative estimate of drug-likeness (QED) is 0.574. The second-order valence-electron chi connectivity index (χ2n) is 5.22. The van der Waals surface area contributed by atoms with Crippen LogP contribution in [-0.4, -0.2) is 46.4 Å². The maximum atomic E-state index is 12.1. The summed E-state index contributed by atoms with van der Waals surface area (Å²) in [7, 11) is -3.22. The highest BCUT2D eigenvalue weighted by atomic mass is 32.2. The predicted molar refractivity (Wildman–Crippen MR) is 87.9 cm³/mol. The number of rotatable bonds is 7.